The SMILES string of the molecule is NS(=O)(=O)c1cc([N+](=O)[O-])ccc1NCc1ccc(Sc2ccccc2)cc1. The lowest BCUT2D eigenvalue weighted by atomic mass is 10.2. The molecule has 9 heteroatoms. The van der Waals surface area contributed by atoms with Gasteiger partial charge in [0.2, 0.25) is 10.0 Å². The summed E-state index contributed by atoms with van der Waals surface area (Å²) in [5.74, 6) is 0. The van der Waals surface area contributed by atoms with Crippen molar-refractivity contribution in [2.24, 2.45) is 5.14 Å². The van der Waals surface area contributed by atoms with Crippen LogP contribution < -0.4 is 10.5 Å². The normalized spacial score (nSPS) is 11.2. The van der Waals surface area contributed by atoms with Gasteiger partial charge in [-0.3, -0.25) is 10.1 Å². The third-order valence-electron chi connectivity index (χ3n) is 3.87. The van der Waals surface area contributed by atoms with E-state index in [1.807, 2.05) is 54.6 Å². The fraction of sp³-hybridized carbons (Fsp3) is 0.0526. The summed E-state index contributed by atoms with van der Waals surface area (Å²) in [6, 6.07) is 21.3. The average molecular weight is 415 g/mol. The molecule has 0 amide bonds. The standard InChI is InChI=1S/C19H17N3O4S2/c20-28(25,26)19-12-15(22(23)24)8-11-18(19)21-13-14-6-9-17(10-7-14)27-16-4-2-1-3-5-16/h1-12,21H,13H2,(H2,20,25,26). The molecular weight excluding hydrogens is 398 g/mol. The van der Waals surface area contributed by atoms with Crippen LogP contribution in [0.1, 0.15) is 5.56 Å². The van der Waals surface area contributed by atoms with E-state index >= 15 is 0 Å². The van der Waals surface area contributed by atoms with Crippen LogP contribution in [0.25, 0.3) is 0 Å². The summed E-state index contributed by atoms with van der Waals surface area (Å²) in [6.07, 6.45) is 0. The van der Waals surface area contributed by atoms with Crippen LogP contribution >= 0.6 is 11.8 Å². The van der Waals surface area contributed by atoms with Crippen LogP contribution in [0.5, 0.6) is 0 Å². The van der Waals surface area contributed by atoms with Gasteiger partial charge < -0.3 is 5.32 Å². The van der Waals surface area contributed by atoms with Gasteiger partial charge in [-0.2, -0.15) is 0 Å². The molecule has 7 nitrogen and oxygen atoms in total. The Morgan fingerprint density at radius 3 is 2.21 bits per heavy atom. The van der Waals surface area contributed by atoms with Gasteiger partial charge in [0, 0.05) is 28.5 Å². The van der Waals surface area contributed by atoms with E-state index in [0.717, 1.165) is 21.4 Å². The number of nitro groups is 1. The molecule has 3 aromatic carbocycles. The molecular formula is C19H17N3O4S2. The van der Waals surface area contributed by atoms with Crippen LogP contribution in [0.3, 0.4) is 0 Å². The number of primary sulfonamides is 1. The first-order valence-corrected chi connectivity index (χ1v) is 10.6. The van der Waals surface area contributed by atoms with Gasteiger partial charge in [-0.25, -0.2) is 13.6 Å². The van der Waals surface area contributed by atoms with E-state index in [-0.39, 0.29) is 16.3 Å². The molecule has 0 saturated carbocycles. The molecule has 144 valence electrons. The highest BCUT2D eigenvalue weighted by molar-refractivity contribution is 7.99. The van der Waals surface area contributed by atoms with Crippen LogP contribution in [-0.2, 0) is 16.6 Å². The number of hydrogen-bond donors (Lipinski definition) is 2. The quantitative estimate of drug-likeness (QED) is 0.445. The van der Waals surface area contributed by atoms with Crippen LogP contribution in [0.2, 0.25) is 0 Å². The lowest BCUT2D eigenvalue weighted by Crippen LogP contribution is -2.15. The molecule has 0 bridgehead atoms. The first-order valence-electron chi connectivity index (χ1n) is 8.20. The van der Waals surface area contributed by atoms with Gasteiger partial charge in [-0.05, 0) is 35.9 Å². The zero-order chi connectivity index (χ0) is 20.1. The monoisotopic (exact) mass is 415 g/mol. The number of hydrogen-bond acceptors (Lipinski definition) is 6. The Kier molecular flexibility index (Phi) is 5.98. The number of benzene rings is 3. The first kappa shape index (κ1) is 19.9. The fourth-order valence-electron chi connectivity index (χ4n) is 2.50. The predicted octanol–water partition coefficient (Wildman–Crippen LogP) is 4.01. The minimum Gasteiger partial charge on any atom is -0.380 e. The van der Waals surface area contributed by atoms with Gasteiger partial charge in [0.25, 0.3) is 5.69 Å². The van der Waals surface area contributed by atoms with Gasteiger partial charge in [0.15, 0.2) is 0 Å². The molecule has 0 aliphatic heterocycles. The summed E-state index contributed by atoms with van der Waals surface area (Å²) < 4.78 is 23.5. The van der Waals surface area contributed by atoms with E-state index in [1.54, 1.807) is 11.8 Å². The molecule has 3 rings (SSSR count). The van der Waals surface area contributed by atoms with Crippen molar-refractivity contribution in [3.63, 3.8) is 0 Å². The van der Waals surface area contributed by atoms with E-state index in [4.69, 9.17) is 5.14 Å². The van der Waals surface area contributed by atoms with Crippen LogP contribution in [0.15, 0.2) is 87.5 Å². The number of nitro benzene ring substituents is 1. The summed E-state index contributed by atoms with van der Waals surface area (Å²) in [5.41, 5.74) is 0.809. The number of nitrogens with two attached hydrogens (primary N) is 1. The zero-order valence-electron chi connectivity index (χ0n) is 14.6. The molecule has 0 fully saturated rings. The second-order valence-electron chi connectivity index (χ2n) is 5.90. The Morgan fingerprint density at radius 2 is 1.61 bits per heavy atom. The topological polar surface area (TPSA) is 115 Å². The van der Waals surface area contributed by atoms with Crippen molar-refractivity contribution in [2.75, 3.05) is 5.32 Å². The smallest absolute Gasteiger partial charge is 0.270 e. The van der Waals surface area contributed by atoms with Gasteiger partial charge >= 0.3 is 0 Å². The predicted molar refractivity (Wildman–Crippen MR) is 109 cm³/mol. The maximum Gasteiger partial charge on any atom is 0.270 e. The summed E-state index contributed by atoms with van der Waals surface area (Å²) in [4.78, 5) is 12.1. The van der Waals surface area contributed by atoms with Crippen LogP contribution in [-0.4, -0.2) is 13.3 Å². The molecule has 3 N–H and O–H groups in total. The largest absolute Gasteiger partial charge is 0.380 e. The lowest BCUT2D eigenvalue weighted by Gasteiger charge is -2.11. The molecule has 0 aromatic heterocycles. The maximum absolute atomic E-state index is 11.8. The molecule has 0 aliphatic rings. The van der Waals surface area contributed by atoms with Gasteiger partial charge in [0.05, 0.1) is 10.6 Å². The van der Waals surface area contributed by atoms with Crippen LogP contribution in [0, 0.1) is 10.1 Å². The Hall–Kier alpha value is -2.88. The van der Waals surface area contributed by atoms with E-state index in [0.29, 0.717) is 6.54 Å². The van der Waals surface area contributed by atoms with Crippen LogP contribution in [0.4, 0.5) is 11.4 Å². The lowest BCUT2D eigenvalue weighted by molar-refractivity contribution is -0.385. The van der Waals surface area contributed by atoms with Crippen molar-refractivity contribution in [3.8, 4) is 0 Å². The number of non-ortho nitro benzene ring substituents is 1. The molecule has 0 spiro atoms. The van der Waals surface area contributed by atoms with Crippen molar-refractivity contribution < 1.29 is 13.3 Å². The van der Waals surface area contributed by atoms with Crippen molar-refractivity contribution in [3.05, 3.63) is 88.5 Å². The molecule has 0 aliphatic carbocycles. The summed E-state index contributed by atoms with van der Waals surface area (Å²) in [7, 11) is -4.11. The van der Waals surface area contributed by atoms with Crippen molar-refractivity contribution in [1.29, 1.82) is 0 Å². The molecule has 28 heavy (non-hydrogen) atoms. The van der Waals surface area contributed by atoms with Crippen molar-refractivity contribution >= 4 is 33.2 Å². The maximum atomic E-state index is 11.8. The minimum absolute atomic E-state index is 0.218. The Balaban J connectivity index is 1.72. The Labute approximate surface area is 166 Å². The highest BCUT2D eigenvalue weighted by atomic mass is 32.2. The molecule has 0 atom stereocenters. The third kappa shape index (κ3) is 5.10. The fourth-order valence-corrected chi connectivity index (χ4v) is 4.07. The molecule has 0 radical (unpaired) electrons. The van der Waals surface area contributed by atoms with Gasteiger partial charge in [-0.1, -0.05) is 42.1 Å². The summed E-state index contributed by atoms with van der Waals surface area (Å²) in [5, 5.41) is 19.1. The highest BCUT2D eigenvalue weighted by Gasteiger charge is 2.18. The number of nitrogens with one attached hydrogen (secondary N) is 1. The van der Waals surface area contributed by atoms with E-state index in [1.165, 1.54) is 12.1 Å². The number of anilines is 1. The van der Waals surface area contributed by atoms with E-state index < -0.39 is 14.9 Å². The highest BCUT2D eigenvalue weighted by Crippen LogP contribution is 2.28. The summed E-state index contributed by atoms with van der Waals surface area (Å²) in [6.45, 7) is 0.344. The van der Waals surface area contributed by atoms with Gasteiger partial charge in [0.1, 0.15) is 4.90 Å². The van der Waals surface area contributed by atoms with E-state index in [9.17, 15) is 18.5 Å². The minimum atomic E-state index is -4.11. The molecule has 0 heterocycles. The zero-order valence-corrected chi connectivity index (χ0v) is 16.2. The van der Waals surface area contributed by atoms with Gasteiger partial charge in [-0.15, -0.1) is 0 Å². The molecule has 0 saturated heterocycles. The van der Waals surface area contributed by atoms with E-state index in [2.05, 4.69) is 5.32 Å². The average Bonchev–Trinajstić information content (AvgIpc) is 2.67. The second kappa shape index (κ2) is 8.42. The number of sulfonamides is 1. The Bertz CT molecular complexity index is 1090. The van der Waals surface area contributed by atoms with Crippen molar-refractivity contribution in [2.45, 2.75) is 21.2 Å². The number of rotatable bonds is 7. The molecule has 3 aromatic rings. The first-order chi connectivity index (χ1) is 13.3. The molecule has 0 unspecified atom stereocenters. The van der Waals surface area contributed by atoms with Crippen molar-refractivity contribution in [1.82, 2.24) is 0 Å². The Morgan fingerprint density at radius 1 is 0.964 bits per heavy atom. The number of nitrogens with zero attached hydrogens (tertiary/aromatic N) is 1. The third-order valence-corrected chi connectivity index (χ3v) is 5.83. The second-order valence-corrected chi connectivity index (χ2v) is 8.57. The summed E-state index contributed by atoms with van der Waals surface area (Å²) >= 11 is 1.64.